The van der Waals surface area contributed by atoms with Gasteiger partial charge in [-0.05, 0) is 36.3 Å². The summed E-state index contributed by atoms with van der Waals surface area (Å²) in [5, 5.41) is 9.49. The molecule has 0 bridgehead atoms. The fraction of sp³-hybridized carbons (Fsp3) is 0.542. The van der Waals surface area contributed by atoms with E-state index in [1.54, 1.807) is 12.4 Å². The van der Waals surface area contributed by atoms with Crippen molar-refractivity contribution in [1.82, 2.24) is 9.97 Å². The summed E-state index contributed by atoms with van der Waals surface area (Å²) < 4.78 is 19.5. The first-order chi connectivity index (χ1) is 14.7. The summed E-state index contributed by atoms with van der Waals surface area (Å²) in [7, 11) is 0. The van der Waals surface area contributed by atoms with Gasteiger partial charge in [-0.3, -0.25) is 14.8 Å². The number of carbonyl (C=O) groups is 1. The molecule has 0 atom stereocenters. The summed E-state index contributed by atoms with van der Waals surface area (Å²) in [6, 6.07) is 3.71. The van der Waals surface area contributed by atoms with Gasteiger partial charge in [-0.2, -0.15) is 0 Å². The Morgan fingerprint density at radius 2 is 1.94 bits per heavy atom. The standard InChI is InChI=1S/C24H32FN3O3/c1-16(2)15-31-17-5-6-20(26-13-17)19-14-27-21(12-25)18(11-22(29)30)23(19)28-9-7-24(3,4)8-10-28/h5-6,13-14,16H,7-12,15H2,1-4H3,(H,29,30). The Morgan fingerprint density at radius 3 is 2.48 bits per heavy atom. The fourth-order valence-corrected chi connectivity index (χ4v) is 3.81. The van der Waals surface area contributed by atoms with Crippen LogP contribution in [0.3, 0.4) is 0 Å². The molecule has 0 aliphatic carbocycles. The molecule has 1 aliphatic heterocycles. The van der Waals surface area contributed by atoms with Gasteiger partial charge in [0.1, 0.15) is 12.4 Å². The average molecular weight is 430 g/mol. The van der Waals surface area contributed by atoms with E-state index < -0.39 is 12.6 Å². The Bertz CT molecular complexity index is 903. The van der Waals surface area contributed by atoms with Gasteiger partial charge in [-0.25, -0.2) is 4.39 Å². The Balaban J connectivity index is 2.04. The van der Waals surface area contributed by atoms with Crippen LogP contribution in [0.4, 0.5) is 10.1 Å². The van der Waals surface area contributed by atoms with E-state index in [0.717, 1.165) is 37.2 Å². The van der Waals surface area contributed by atoms with Crippen molar-refractivity contribution in [2.45, 2.75) is 53.6 Å². The zero-order valence-corrected chi connectivity index (χ0v) is 18.8. The lowest BCUT2D eigenvalue weighted by Gasteiger charge is -2.40. The summed E-state index contributed by atoms with van der Waals surface area (Å²) in [4.78, 5) is 22.6. The molecule has 3 rings (SSSR count). The van der Waals surface area contributed by atoms with Gasteiger partial charge in [-0.1, -0.05) is 27.7 Å². The minimum atomic E-state index is -1.00. The van der Waals surface area contributed by atoms with Crippen LogP contribution in [0.1, 0.15) is 51.8 Å². The third-order valence-corrected chi connectivity index (χ3v) is 5.72. The zero-order chi connectivity index (χ0) is 22.6. The quantitative estimate of drug-likeness (QED) is 0.643. The van der Waals surface area contributed by atoms with Crippen molar-refractivity contribution in [3.05, 3.63) is 35.8 Å². The molecule has 0 saturated carbocycles. The maximum absolute atomic E-state index is 13.7. The molecule has 2 aromatic heterocycles. The number of hydrogen-bond acceptors (Lipinski definition) is 5. The Kier molecular flexibility index (Phi) is 7.13. The highest BCUT2D eigenvalue weighted by Crippen LogP contribution is 2.39. The molecule has 3 heterocycles. The molecule has 0 unspecified atom stereocenters. The molecule has 0 spiro atoms. The number of aliphatic carboxylic acids is 1. The van der Waals surface area contributed by atoms with Crippen molar-refractivity contribution in [2.24, 2.45) is 11.3 Å². The minimum absolute atomic E-state index is 0.183. The number of ether oxygens (including phenoxy) is 1. The SMILES string of the molecule is CC(C)COc1ccc(-c2cnc(CF)c(CC(=O)O)c2N2CCC(C)(C)CC2)nc1. The molecule has 1 saturated heterocycles. The highest BCUT2D eigenvalue weighted by molar-refractivity contribution is 5.83. The molecule has 31 heavy (non-hydrogen) atoms. The number of alkyl halides is 1. The number of hydrogen-bond donors (Lipinski definition) is 1. The molecule has 0 aromatic carbocycles. The van der Waals surface area contributed by atoms with Crippen molar-refractivity contribution < 1.29 is 19.0 Å². The molecule has 168 valence electrons. The highest BCUT2D eigenvalue weighted by Gasteiger charge is 2.30. The maximum atomic E-state index is 13.7. The highest BCUT2D eigenvalue weighted by atomic mass is 19.1. The first kappa shape index (κ1) is 23.0. The second-order valence-electron chi connectivity index (χ2n) is 9.39. The topological polar surface area (TPSA) is 75.6 Å². The number of carboxylic acids is 1. The van der Waals surface area contributed by atoms with Gasteiger partial charge in [0.15, 0.2) is 0 Å². The first-order valence-electron chi connectivity index (χ1n) is 10.8. The van der Waals surface area contributed by atoms with Crippen molar-refractivity contribution in [1.29, 1.82) is 0 Å². The maximum Gasteiger partial charge on any atom is 0.307 e. The molecule has 6 nitrogen and oxygen atoms in total. The molecule has 1 aliphatic rings. The largest absolute Gasteiger partial charge is 0.492 e. The Morgan fingerprint density at radius 1 is 1.23 bits per heavy atom. The van der Waals surface area contributed by atoms with E-state index in [1.807, 2.05) is 12.1 Å². The van der Waals surface area contributed by atoms with Crippen LogP contribution in [0.15, 0.2) is 24.5 Å². The third kappa shape index (κ3) is 5.71. The number of nitrogens with zero attached hydrogens (tertiary/aromatic N) is 3. The summed E-state index contributed by atoms with van der Waals surface area (Å²) in [5.41, 5.74) is 2.98. The monoisotopic (exact) mass is 429 g/mol. The summed E-state index contributed by atoms with van der Waals surface area (Å²) >= 11 is 0. The number of halogens is 1. The fourth-order valence-electron chi connectivity index (χ4n) is 3.81. The van der Waals surface area contributed by atoms with E-state index in [2.05, 4.69) is 42.6 Å². The van der Waals surface area contributed by atoms with E-state index >= 15 is 0 Å². The predicted octanol–water partition coefficient (Wildman–Crippen LogP) is 4.90. The van der Waals surface area contributed by atoms with Gasteiger partial charge < -0.3 is 14.7 Å². The lowest BCUT2D eigenvalue weighted by atomic mass is 9.82. The van der Waals surface area contributed by atoms with Gasteiger partial charge in [0.05, 0.1) is 36.3 Å². The summed E-state index contributed by atoms with van der Waals surface area (Å²) in [6.07, 6.45) is 4.96. The van der Waals surface area contributed by atoms with Crippen LogP contribution in [0.5, 0.6) is 5.75 Å². The van der Waals surface area contributed by atoms with E-state index in [-0.39, 0.29) is 17.5 Å². The van der Waals surface area contributed by atoms with Crippen molar-refractivity contribution in [3.63, 3.8) is 0 Å². The number of carboxylic acid groups (broad SMARTS) is 1. The molecular weight excluding hydrogens is 397 g/mol. The lowest BCUT2D eigenvalue weighted by Crippen LogP contribution is -2.38. The molecular formula is C24H32FN3O3. The number of aromatic nitrogens is 2. The minimum Gasteiger partial charge on any atom is -0.492 e. The molecule has 0 radical (unpaired) electrons. The molecule has 2 aromatic rings. The third-order valence-electron chi connectivity index (χ3n) is 5.72. The van der Waals surface area contributed by atoms with Crippen LogP contribution in [0.25, 0.3) is 11.3 Å². The van der Waals surface area contributed by atoms with E-state index in [9.17, 15) is 14.3 Å². The van der Waals surface area contributed by atoms with Gasteiger partial charge in [-0.15, -0.1) is 0 Å². The van der Waals surface area contributed by atoms with E-state index in [0.29, 0.717) is 29.5 Å². The second kappa shape index (κ2) is 9.62. The average Bonchev–Trinajstić information content (AvgIpc) is 2.72. The number of rotatable bonds is 8. The van der Waals surface area contributed by atoms with Crippen molar-refractivity contribution in [3.8, 4) is 17.0 Å². The second-order valence-corrected chi connectivity index (χ2v) is 9.39. The van der Waals surface area contributed by atoms with Gasteiger partial charge >= 0.3 is 5.97 Å². The van der Waals surface area contributed by atoms with Crippen LogP contribution >= 0.6 is 0 Å². The molecule has 1 fully saturated rings. The Labute approximate surface area is 183 Å². The normalized spacial score (nSPS) is 15.9. The number of piperidine rings is 1. The number of anilines is 1. The molecule has 7 heteroatoms. The van der Waals surface area contributed by atoms with Crippen LogP contribution in [0, 0.1) is 11.3 Å². The summed E-state index contributed by atoms with van der Waals surface area (Å²) in [5.74, 6) is 0.0844. The van der Waals surface area contributed by atoms with E-state index in [1.165, 1.54) is 0 Å². The van der Waals surface area contributed by atoms with Crippen LogP contribution in [-0.4, -0.2) is 40.7 Å². The van der Waals surface area contributed by atoms with Crippen molar-refractivity contribution >= 4 is 11.7 Å². The van der Waals surface area contributed by atoms with Gasteiger partial charge in [0.25, 0.3) is 0 Å². The lowest BCUT2D eigenvalue weighted by molar-refractivity contribution is -0.136. The van der Waals surface area contributed by atoms with Gasteiger partial charge in [0, 0.05) is 30.4 Å². The molecule has 0 amide bonds. The summed E-state index contributed by atoms with van der Waals surface area (Å²) in [6.45, 7) is 9.98. The van der Waals surface area contributed by atoms with Gasteiger partial charge in [0.2, 0.25) is 0 Å². The first-order valence-corrected chi connectivity index (χ1v) is 10.8. The zero-order valence-electron chi connectivity index (χ0n) is 18.8. The number of pyridine rings is 2. The Hall–Kier alpha value is -2.70. The van der Waals surface area contributed by atoms with Crippen LogP contribution in [-0.2, 0) is 17.9 Å². The predicted molar refractivity (Wildman–Crippen MR) is 119 cm³/mol. The molecule has 1 N–H and O–H groups in total. The van der Waals surface area contributed by atoms with Crippen LogP contribution in [0.2, 0.25) is 0 Å². The van der Waals surface area contributed by atoms with Crippen LogP contribution < -0.4 is 9.64 Å². The van der Waals surface area contributed by atoms with E-state index in [4.69, 9.17) is 4.74 Å². The van der Waals surface area contributed by atoms with Crippen molar-refractivity contribution in [2.75, 3.05) is 24.6 Å². The smallest absolute Gasteiger partial charge is 0.307 e.